The van der Waals surface area contributed by atoms with Crippen LogP contribution in [0.2, 0.25) is 0 Å². The maximum atomic E-state index is 12.0. The SMILES string of the molecule is O=C(NC(CO)C(=O)Oc1ccc([N+](=O)[O-])cc1)OCc1ccccc1. The molecular weight excluding hydrogens is 344 g/mol. The third kappa shape index (κ3) is 5.56. The molecule has 0 aliphatic carbocycles. The van der Waals surface area contributed by atoms with Crippen LogP contribution in [0.1, 0.15) is 5.56 Å². The van der Waals surface area contributed by atoms with Gasteiger partial charge in [0, 0.05) is 12.1 Å². The van der Waals surface area contributed by atoms with Gasteiger partial charge in [0.05, 0.1) is 11.5 Å². The van der Waals surface area contributed by atoms with Crippen molar-refractivity contribution in [3.63, 3.8) is 0 Å². The first-order valence-electron chi connectivity index (χ1n) is 7.54. The Balaban J connectivity index is 1.87. The van der Waals surface area contributed by atoms with Gasteiger partial charge in [0.15, 0.2) is 6.04 Å². The van der Waals surface area contributed by atoms with Crippen molar-refractivity contribution < 1.29 is 29.1 Å². The van der Waals surface area contributed by atoms with E-state index in [1.165, 1.54) is 12.1 Å². The zero-order chi connectivity index (χ0) is 18.9. The van der Waals surface area contributed by atoms with Crippen LogP contribution >= 0.6 is 0 Å². The second-order valence-electron chi connectivity index (χ2n) is 5.11. The number of alkyl carbamates (subject to hydrolysis) is 1. The Labute approximate surface area is 148 Å². The molecule has 9 nitrogen and oxygen atoms in total. The molecule has 1 atom stereocenters. The molecule has 0 aliphatic heterocycles. The molecule has 0 aliphatic rings. The fraction of sp³-hybridized carbons (Fsp3) is 0.176. The summed E-state index contributed by atoms with van der Waals surface area (Å²) in [5, 5.41) is 22.0. The molecule has 2 aromatic rings. The maximum absolute atomic E-state index is 12.0. The smallest absolute Gasteiger partial charge is 0.408 e. The highest BCUT2D eigenvalue weighted by Crippen LogP contribution is 2.17. The summed E-state index contributed by atoms with van der Waals surface area (Å²) in [6, 6.07) is 12.4. The molecule has 0 bridgehead atoms. The molecule has 136 valence electrons. The number of ether oxygens (including phenoxy) is 2. The van der Waals surface area contributed by atoms with Gasteiger partial charge >= 0.3 is 12.1 Å². The number of aliphatic hydroxyl groups excluding tert-OH is 1. The Morgan fingerprint density at radius 3 is 2.35 bits per heavy atom. The van der Waals surface area contributed by atoms with Crippen molar-refractivity contribution in [3.8, 4) is 5.75 Å². The van der Waals surface area contributed by atoms with Crippen molar-refractivity contribution in [2.75, 3.05) is 6.61 Å². The second-order valence-corrected chi connectivity index (χ2v) is 5.11. The summed E-state index contributed by atoms with van der Waals surface area (Å²) in [5.74, 6) is -0.892. The number of nitrogens with zero attached hydrogens (tertiary/aromatic N) is 1. The number of aliphatic hydroxyl groups is 1. The van der Waals surface area contributed by atoms with Gasteiger partial charge in [0.1, 0.15) is 12.4 Å². The van der Waals surface area contributed by atoms with Gasteiger partial charge in [-0.1, -0.05) is 30.3 Å². The van der Waals surface area contributed by atoms with Gasteiger partial charge in [-0.2, -0.15) is 0 Å². The van der Waals surface area contributed by atoms with E-state index in [1.54, 1.807) is 24.3 Å². The number of nitro groups is 1. The number of nitrogens with one attached hydrogen (secondary N) is 1. The number of nitro benzene ring substituents is 1. The molecule has 2 N–H and O–H groups in total. The first-order chi connectivity index (χ1) is 12.5. The summed E-state index contributed by atoms with van der Waals surface area (Å²) in [5.41, 5.74) is 0.600. The van der Waals surface area contributed by atoms with Crippen molar-refractivity contribution in [1.29, 1.82) is 0 Å². The Morgan fingerprint density at radius 1 is 1.12 bits per heavy atom. The van der Waals surface area contributed by atoms with Crippen LogP contribution in [0.25, 0.3) is 0 Å². The predicted octanol–water partition coefficient (Wildman–Crippen LogP) is 1.79. The molecule has 0 fully saturated rings. The summed E-state index contributed by atoms with van der Waals surface area (Å²) in [6.07, 6.45) is -0.895. The van der Waals surface area contributed by atoms with Crippen LogP contribution in [0.4, 0.5) is 10.5 Å². The standard InChI is InChI=1S/C17H16N2O7/c20-10-15(18-17(22)25-11-12-4-2-1-3-5-12)16(21)26-14-8-6-13(7-9-14)19(23)24/h1-9,15,20H,10-11H2,(H,18,22). The lowest BCUT2D eigenvalue weighted by Gasteiger charge is -2.15. The van der Waals surface area contributed by atoms with Crippen molar-refractivity contribution in [2.24, 2.45) is 0 Å². The van der Waals surface area contributed by atoms with E-state index < -0.39 is 29.6 Å². The fourth-order valence-electron chi connectivity index (χ4n) is 1.91. The van der Waals surface area contributed by atoms with E-state index in [1.807, 2.05) is 6.07 Å². The summed E-state index contributed by atoms with van der Waals surface area (Å²) >= 11 is 0. The Bertz CT molecular complexity index is 762. The van der Waals surface area contributed by atoms with Crippen molar-refractivity contribution in [2.45, 2.75) is 12.6 Å². The molecule has 2 rings (SSSR count). The predicted molar refractivity (Wildman–Crippen MR) is 89.4 cm³/mol. The van der Waals surface area contributed by atoms with Gasteiger partial charge in [0.2, 0.25) is 0 Å². The Kier molecular flexibility index (Phi) is 6.63. The number of hydrogen-bond acceptors (Lipinski definition) is 7. The van der Waals surface area contributed by atoms with Gasteiger partial charge in [-0.25, -0.2) is 9.59 Å². The molecule has 0 heterocycles. The number of amides is 1. The molecule has 2 aromatic carbocycles. The van der Waals surface area contributed by atoms with Crippen LogP contribution in [0, 0.1) is 10.1 Å². The lowest BCUT2D eigenvalue weighted by atomic mass is 10.2. The fourth-order valence-corrected chi connectivity index (χ4v) is 1.91. The minimum absolute atomic E-state index is 0.00220. The third-order valence-corrected chi connectivity index (χ3v) is 3.24. The number of rotatable bonds is 7. The lowest BCUT2D eigenvalue weighted by molar-refractivity contribution is -0.384. The molecule has 0 aromatic heterocycles. The topological polar surface area (TPSA) is 128 Å². The zero-order valence-electron chi connectivity index (χ0n) is 13.5. The van der Waals surface area contributed by atoms with Crippen LogP contribution in [0.15, 0.2) is 54.6 Å². The van der Waals surface area contributed by atoms with E-state index in [0.29, 0.717) is 0 Å². The van der Waals surface area contributed by atoms with E-state index in [0.717, 1.165) is 17.7 Å². The minimum Gasteiger partial charge on any atom is -0.445 e. The molecule has 1 amide bonds. The van der Waals surface area contributed by atoms with Gasteiger partial charge in [-0.05, 0) is 17.7 Å². The summed E-state index contributed by atoms with van der Waals surface area (Å²) < 4.78 is 9.93. The summed E-state index contributed by atoms with van der Waals surface area (Å²) in [7, 11) is 0. The maximum Gasteiger partial charge on any atom is 0.408 e. The molecule has 0 saturated carbocycles. The Morgan fingerprint density at radius 2 is 1.77 bits per heavy atom. The van der Waals surface area contributed by atoms with Crippen molar-refractivity contribution in [3.05, 3.63) is 70.3 Å². The highest BCUT2D eigenvalue weighted by Gasteiger charge is 2.23. The molecule has 9 heteroatoms. The van der Waals surface area contributed by atoms with Crippen molar-refractivity contribution in [1.82, 2.24) is 5.32 Å². The first kappa shape index (κ1) is 18.9. The summed E-state index contributed by atoms with van der Waals surface area (Å²) in [4.78, 5) is 33.7. The van der Waals surface area contributed by atoms with Gasteiger partial charge in [-0.15, -0.1) is 0 Å². The van der Waals surface area contributed by atoms with E-state index in [2.05, 4.69) is 5.32 Å². The highest BCUT2D eigenvalue weighted by atomic mass is 16.6. The zero-order valence-corrected chi connectivity index (χ0v) is 13.5. The lowest BCUT2D eigenvalue weighted by Crippen LogP contribution is -2.45. The van der Waals surface area contributed by atoms with Gasteiger partial charge in [-0.3, -0.25) is 10.1 Å². The number of carbonyl (C=O) groups is 2. The molecular formula is C17H16N2O7. The van der Waals surface area contributed by atoms with Gasteiger partial charge in [0.25, 0.3) is 5.69 Å². The molecule has 0 spiro atoms. The average molecular weight is 360 g/mol. The number of non-ortho nitro benzene ring substituents is 1. The number of benzene rings is 2. The van der Waals surface area contributed by atoms with E-state index in [4.69, 9.17) is 9.47 Å². The largest absolute Gasteiger partial charge is 0.445 e. The van der Waals surface area contributed by atoms with E-state index >= 15 is 0 Å². The normalized spacial score (nSPS) is 11.3. The number of esters is 1. The third-order valence-electron chi connectivity index (χ3n) is 3.24. The van der Waals surface area contributed by atoms with E-state index in [-0.39, 0.29) is 18.0 Å². The highest BCUT2D eigenvalue weighted by molar-refractivity contribution is 5.83. The first-order valence-corrected chi connectivity index (χ1v) is 7.54. The molecule has 0 radical (unpaired) electrons. The quantitative estimate of drug-likeness (QED) is 0.333. The number of carbonyl (C=O) groups excluding carboxylic acids is 2. The van der Waals surface area contributed by atoms with Crippen LogP contribution in [0.3, 0.4) is 0 Å². The van der Waals surface area contributed by atoms with Crippen molar-refractivity contribution >= 4 is 17.7 Å². The number of hydrogen-bond donors (Lipinski definition) is 2. The van der Waals surface area contributed by atoms with Crippen LogP contribution in [-0.4, -0.2) is 34.7 Å². The molecule has 26 heavy (non-hydrogen) atoms. The molecule has 0 saturated heterocycles. The van der Waals surface area contributed by atoms with Gasteiger partial charge < -0.3 is 19.9 Å². The second kappa shape index (κ2) is 9.14. The molecule has 1 unspecified atom stereocenters. The monoisotopic (exact) mass is 360 g/mol. The van der Waals surface area contributed by atoms with Crippen LogP contribution < -0.4 is 10.1 Å². The summed E-state index contributed by atoms with van der Waals surface area (Å²) in [6.45, 7) is -0.700. The van der Waals surface area contributed by atoms with E-state index in [9.17, 15) is 24.8 Å². The van der Waals surface area contributed by atoms with Crippen LogP contribution in [0.5, 0.6) is 5.75 Å². The van der Waals surface area contributed by atoms with Crippen LogP contribution in [-0.2, 0) is 16.1 Å². The minimum atomic E-state index is -1.34. The average Bonchev–Trinajstić information content (AvgIpc) is 2.65. The Hall–Kier alpha value is -3.46.